The molecular formula is C30H36N4O3S. The quantitative estimate of drug-likeness (QED) is 0.439. The van der Waals surface area contributed by atoms with Gasteiger partial charge in [0.05, 0.1) is 11.9 Å². The van der Waals surface area contributed by atoms with Gasteiger partial charge in [0.15, 0.2) is 0 Å². The molecule has 1 aliphatic carbocycles. The third-order valence-electron chi connectivity index (χ3n) is 8.89. The molecule has 0 bridgehead atoms. The van der Waals surface area contributed by atoms with E-state index >= 15 is 0 Å². The second-order valence-corrected chi connectivity index (χ2v) is 13.5. The zero-order valence-corrected chi connectivity index (χ0v) is 23.1. The van der Waals surface area contributed by atoms with Gasteiger partial charge in [0.1, 0.15) is 12.4 Å². The van der Waals surface area contributed by atoms with Crippen molar-refractivity contribution in [1.82, 2.24) is 14.3 Å². The first-order valence-corrected chi connectivity index (χ1v) is 15.4. The van der Waals surface area contributed by atoms with Crippen molar-refractivity contribution >= 4 is 16.0 Å². The SMILES string of the molecule is Cc1ccc(C2(c3ccc(OCc4ccnc(N5CC6(CCN(S(C)(=O)=O)CC6)C5)n4)cc3)CCC2)cc1. The van der Waals surface area contributed by atoms with Crippen LogP contribution in [-0.2, 0) is 22.0 Å². The van der Waals surface area contributed by atoms with Crippen LogP contribution < -0.4 is 9.64 Å². The molecule has 7 nitrogen and oxygen atoms in total. The number of anilines is 1. The van der Waals surface area contributed by atoms with E-state index in [9.17, 15) is 8.42 Å². The van der Waals surface area contributed by atoms with E-state index in [0.29, 0.717) is 19.7 Å². The highest BCUT2D eigenvalue weighted by Gasteiger charge is 2.47. The first-order chi connectivity index (χ1) is 18.2. The molecule has 3 aliphatic rings. The third-order valence-corrected chi connectivity index (χ3v) is 10.2. The van der Waals surface area contributed by atoms with Gasteiger partial charge in [-0.3, -0.25) is 0 Å². The summed E-state index contributed by atoms with van der Waals surface area (Å²) in [4.78, 5) is 11.4. The van der Waals surface area contributed by atoms with E-state index in [4.69, 9.17) is 9.72 Å². The number of sulfonamides is 1. The number of rotatable bonds is 7. The second kappa shape index (κ2) is 9.65. The predicted molar refractivity (Wildman–Crippen MR) is 149 cm³/mol. The number of benzene rings is 2. The van der Waals surface area contributed by atoms with Crippen LogP contribution in [-0.4, -0.2) is 55.1 Å². The number of ether oxygens (including phenoxy) is 1. The van der Waals surface area contributed by atoms with E-state index in [2.05, 4.69) is 65.3 Å². The molecular weight excluding hydrogens is 496 g/mol. The van der Waals surface area contributed by atoms with Crippen LogP contribution in [0.3, 0.4) is 0 Å². The van der Waals surface area contributed by atoms with Gasteiger partial charge >= 0.3 is 0 Å². The smallest absolute Gasteiger partial charge is 0.225 e. The lowest BCUT2D eigenvalue weighted by atomic mass is 9.60. The highest BCUT2D eigenvalue weighted by atomic mass is 32.2. The maximum absolute atomic E-state index is 11.8. The summed E-state index contributed by atoms with van der Waals surface area (Å²) in [5, 5.41) is 0. The van der Waals surface area contributed by atoms with Crippen molar-refractivity contribution in [1.29, 1.82) is 0 Å². The molecule has 2 aromatic carbocycles. The van der Waals surface area contributed by atoms with Gasteiger partial charge in [0.2, 0.25) is 16.0 Å². The Kier molecular flexibility index (Phi) is 6.43. The number of hydrogen-bond acceptors (Lipinski definition) is 6. The van der Waals surface area contributed by atoms with E-state index in [1.165, 1.54) is 42.2 Å². The summed E-state index contributed by atoms with van der Waals surface area (Å²) in [6, 6.07) is 19.5. The van der Waals surface area contributed by atoms with Crippen molar-refractivity contribution in [3.63, 3.8) is 0 Å². The largest absolute Gasteiger partial charge is 0.487 e. The molecule has 2 aliphatic heterocycles. The fourth-order valence-corrected chi connectivity index (χ4v) is 7.15. The molecule has 1 spiro atoms. The van der Waals surface area contributed by atoms with Gasteiger partial charge in [-0.25, -0.2) is 22.7 Å². The maximum Gasteiger partial charge on any atom is 0.225 e. The fraction of sp³-hybridized carbons (Fsp3) is 0.467. The Morgan fingerprint density at radius 1 is 0.895 bits per heavy atom. The Labute approximate surface area is 225 Å². The average molecular weight is 533 g/mol. The number of piperidine rings is 1. The van der Waals surface area contributed by atoms with Crippen LogP contribution in [0.2, 0.25) is 0 Å². The van der Waals surface area contributed by atoms with Crippen LogP contribution in [0, 0.1) is 12.3 Å². The molecule has 2 saturated heterocycles. The summed E-state index contributed by atoms with van der Waals surface area (Å²) in [5.74, 6) is 1.57. The highest BCUT2D eigenvalue weighted by molar-refractivity contribution is 7.88. The van der Waals surface area contributed by atoms with Crippen molar-refractivity contribution < 1.29 is 13.2 Å². The van der Waals surface area contributed by atoms with Gasteiger partial charge in [-0.2, -0.15) is 0 Å². The lowest BCUT2D eigenvalue weighted by molar-refractivity contribution is 0.113. The molecule has 1 aromatic heterocycles. The Hall–Kier alpha value is -2.97. The Morgan fingerprint density at radius 3 is 2.11 bits per heavy atom. The van der Waals surface area contributed by atoms with Crippen LogP contribution in [0.25, 0.3) is 0 Å². The van der Waals surface area contributed by atoms with E-state index < -0.39 is 10.0 Å². The molecule has 3 aromatic rings. The molecule has 3 heterocycles. The minimum Gasteiger partial charge on any atom is -0.487 e. The van der Waals surface area contributed by atoms with E-state index in [1.54, 1.807) is 10.5 Å². The molecule has 1 saturated carbocycles. The summed E-state index contributed by atoms with van der Waals surface area (Å²) >= 11 is 0. The third kappa shape index (κ3) is 4.80. The van der Waals surface area contributed by atoms with Crippen LogP contribution in [0.15, 0.2) is 60.8 Å². The van der Waals surface area contributed by atoms with Crippen molar-refractivity contribution in [2.24, 2.45) is 5.41 Å². The summed E-state index contributed by atoms with van der Waals surface area (Å²) in [7, 11) is -3.10. The van der Waals surface area contributed by atoms with Gasteiger partial charge in [-0.15, -0.1) is 0 Å². The van der Waals surface area contributed by atoms with Crippen LogP contribution in [0.4, 0.5) is 5.95 Å². The maximum atomic E-state index is 11.8. The second-order valence-electron chi connectivity index (χ2n) is 11.5. The number of aryl methyl sites for hydroxylation is 1. The normalized spacial score (nSPS) is 20.5. The van der Waals surface area contributed by atoms with Crippen molar-refractivity contribution in [3.8, 4) is 5.75 Å². The topological polar surface area (TPSA) is 75.6 Å². The summed E-state index contributed by atoms with van der Waals surface area (Å²) < 4.78 is 31.3. The zero-order valence-electron chi connectivity index (χ0n) is 22.3. The summed E-state index contributed by atoms with van der Waals surface area (Å²) in [5.41, 5.74) is 5.22. The lowest BCUT2D eigenvalue weighted by Gasteiger charge is -2.53. The van der Waals surface area contributed by atoms with Gasteiger partial charge < -0.3 is 9.64 Å². The van der Waals surface area contributed by atoms with Crippen molar-refractivity contribution in [3.05, 3.63) is 83.2 Å². The van der Waals surface area contributed by atoms with Crippen molar-refractivity contribution in [2.45, 2.75) is 51.0 Å². The van der Waals surface area contributed by atoms with E-state index in [1.807, 2.05) is 6.07 Å². The number of hydrogen-bond donors (Lipinski definition) is 0. The molecule has 6 rings (SSSR count). The summed E-state index contributed by atoms with van der Waals surface area (Å²) in [6.07, 6.45) is 8.51. The van der Waals surface area contributed by atoms with Gasteiger partial charge in [0, 0.05) is 43.2 Å². The first-order valence-electron chi connectivity index (χ1n) is 13.6. The van der Waals surface area contributed by atoms with Gasteiger partial charge in [-0.05, 0) is 61.9 Å². The molecule has 0 unspecified atom stereocenters. The van der Waals surface area contributed by atoms with E-state index in [0.717, 1.165) is 43.3 Å². The van der Waals surface area contributed by atoms with E-state index in [-0.39, 0.29) is 10.8 Å². The minimum atomic E-state index is -3.10. The molecule has 0 radical (unpaired) electrons. The van der Waals surface area contributed by atoms with Crippen LogP contribution in [0.5, 0.6) is 5.75 Å². The molecule has 8 heteroatoms. The molecule has 0 atom stereocenters. The number of aromatic nitrogens is 2. The molecule has 200 valence electrons. The van der Waals surface area contributed by atoms with Gasteiger partial charge in [-0.1, -0.05) is 48.4 Å². The van der Waals surface area contributed by atoms with Gasteiger partial charge in [0.25, 0.3) is 0 Å². The molecule has 0 N–H and O–H groups in total. The fourth-order valence-electron chi connectivity index (χ4n) is 6.30. The Bertz CT molecular complexity index is 1390. The lowest BCUT2D eigenvalue weighted by Crippen LogP contribution is -2.61. The summed E-state index contributed by atoms with van der Waals surface area (Å²) in [6.45, 7) is 5.48. The molecule has 38 heavy (non-hydrogen) atoms. The molecule has 0 amide bonds. The predicted octanol–water partition coefficient (Wildman–Crippen LogP) is 4.70. The zero-order chi connectivity index (χ0) is 26.4. The number of nitrogens with zero attached hydrogens (tertiary/aromatic N) is 4. The average Bonchev–Trinajstić information content (AvgIpc) is 2.87. The Balaban J connectivity index is 1.05. The standard InChI is InChI=1S/C30H36N4O3S/c1-23-4-6-24(7-5-23)30(13-3-14-30)25-8-10-27(11-9-25)37-20-26-12-17-31-28(32-26)33-21-29(22-33)15-18-34(19-16-29)38(2,35)36/h4-12,17H,3,13-16,18-22H2,1-2H3. The first kappa shape index (κ1) is 25.3. The van der Waals surface area contributed by atoms with Crippen molar-refractivity contribution in [2.75, 3.05) is 37.3 Å². The van der Waals surface area contributed by atoms with Crippen LogP contribution in [0.1, 0.15) is 54.5 Å². The minimum absolute atomic E-state index is 0.129. The Morgan fingerprint density at radius 2 is 1.53 bits per heavy atom. The monoisotopic (exact) mass is 532 g/mol. The highest BCUT2D eigenvalue weighted by Crippen LogP contribution is 2.49. The van der Waals surface area contributed by atoms with Crippen LogP contribution >= 0.6 is 0 Å². The molecule has 3 fully saturated rings.